The molecule has 7 nitrogen and oxygen atoms in total. The van der Waals surface area contributed by atoms with Crippen molar-refractivity contribution in [3.8, 4) is 0 Å². The molecule has 106 valence electrons. The van der Waals surface area contributed by atoms with Crippen LogP contribution in [0.15, 0.2) is 4.60 Å². The van der Waals surface area contributed by atoms with Crippen LogP contribution in [0.1, 0.15) is 16.1 Å². The second-order valence-corrected chi connectivity index (χ2v) is 6.40. The first-order valence-electron chi connectivity index (χ1n) is 5.40. The fourth-order valence-electron chi connectivity index (χ4n) is 1.85. The van der Waals surface area contributed by atoms with Crippen molar-refractivity contribution < 1.29 is 17.1 Å². The molecule has 10 heteroatoms. The van der Waals surface area contributed by atoms with E-state index in [1.807, 2.05) is 0 Å². The molecule has 19 heavy (non-hydrogen) atoms. The lowest BCUT2D eigenvalue weighted by Crippen LogP contribution is -2.60. The highest BCUT2D eigenvalue weighted by molar-refractivity contribution is 9.10. The van der Waals surface area contributed by atoms with Crippen molar-refractivity contribution in [3.63, 3.8) is 0 Å². The zero-order valence-corrected chi connectivity index (χ0v) is 12.6. The summed E-state index contributed by atoms with van der Waals surface area (Å²) in [6.45, 7) is 1.59. The normalized spacial score (nSPS) is 17.3. The average molecular weight is 355 g/mol. The van der Waals surface area contributed by atoms with Gasteiger partial charge in [0, 0.05) is 20.1 Å². The minimum atomic E-state index is -4.66. The summed E-state index contributed by atoms with van der Waals surface area (Å²) in [7, 11) is -2.97. The molecule has 1 aliphatic rings. The van der Waals surface area contributed by atoms with E-state index in [4.69, 9.17) is 0 Å². The average Bonchev–Trinajstić information content (AvgIpc) is 2.44. The number of carbonyl (C=O) groups is 1. The van der Waals surface area contributed by atoms with Crippen LogP contribution in [0.4, 0.5) is 3.89 Å². The van der Waals surface area contributed by atoms with Crippen LogP contribution in [-0.2, 0) is 17.5 Å². The highest BCUT2D eigenvalue weighted by atomic mass is 79.9. The Morgan fingerprint density at radius 1 is 1.53 bits per heavy atom. The van der Waals surface area contributed by atoms with E-state index in [9.17, 15) is 17.1 Å². The van der Waals surface area contributed by atoms with E-state index >= 15 is 0 Å². The number of aromatic nitrogens is 2. The van der Waals surface area contributed by atoms with Gasteiger partial charge in [0.15, 0.2) is 0 Å². The van der Waals surface area contributed by atoms with Gasteiger partial charge in [-0.2, -0.15) is 17.8 Å². The van der Waals surface area contributed by atoms with Crippen LogP contribution < -0.4 is 5.32 Å². The van der Waals surface area contributed by atoms with E-state index in [0.29, 0.717) is 20.2 Å². The predicted molar refractivity (Wildman–Crippen MR) is 68.5 cm³/mol. The molecule has 1 amide bonds. The zero-order chi connectivity index (χ0) is 14.4. The molecule has 2 rings (SSSR count). The minimum absolute atomic E-state index is 0.0541. The Hall–Kier alpha value is -1.00. The first-order chi connectivity index (χ1) is 8.70. The third-order valence-corrected chi connectivity index (χ3v) is 4.70. The van der Waals surface area contributed by atoms with Gasteiger partial charge in [0.05, 0.1) is 17.3 Å². The van der Waals surface area contributed by atoms with Crippen LogP contribution in [0.5, 0.6) is 0 Å². The molecule has 1 aliphatic heterocycles. The number of nitrogens with one attached hydrogen (secondary N) is 1. The van der Waals surface area contributed by atoms with Crippen molar-refractivity contribution >= 4 is 32.2 Å². The molecule has 1 fully saturated rings. The Balaban J connectivity index is 2.01. The van der Waals surface area contributed by atoms with Gasteiger partial charge in [-0.1, -0.05) is 3.89 Å². The smallest absolute Gasteiger partial charge is 0.346 e. The Morgan fingerprint density at radius 2 is 2.11 bits per heavy atom. The van der Waals surface area contributed by atoms with Crippen molar-refractivity contribution in [2.45, 2.75) is 13.0 Å². The maximum absolute atomic E-state index is 12.6. The number of halogens is 2. The summed E-state index contributed by atoms with van der Waals surface area (Å²) in [5.74, 6) is -0.363. The second-order valence-electron chi connectivity index (χ2n) is 4.30. The molecule has 0 spiro atoms. The van der Waals surface area contributed by atoms with Gasteiger partial charge in [0.1, 0.15) is 4.60 Å². The van der Waals surface area contributed by atoms with Crippen molar-refractivity contribution in [1.82, 2.24) is 19.4 Å². The van der Waals surface area contributed by atoms with Gasteiger partial charge in [0.25, 0.3) is 5.91 Å². The summed E-state index contributed by atoms with van der Waals surface area (Å²) in [5, 5.41) is 6.71. The number of hydrogen-bond acceptors (Lipinski definition) is 4. The molecule has 1 aromatic rings. The number of carbonyl (C=O) groups excluding carboxylic acids is 1. The molecule has 1 aromatic heterocycles. The standard InChI is InChI=1S/C9H12BrFN4O3S/c1-5-7(8(10)14(2)13-5)9(16)12-6-3-15(4-6)19(11,17)18/h6H,3-4H2,1-2H3,(H,12,16). The molecule has 2 heterocycles. The number of nitrogens with zero attached hydrogens (tertiary/aromatic N) is 3. The van der Waals surface area contributed by atoms with Crippen molar-refractivity contribution in [1.29, 1.82) is 0 Å². The summed E-state index contributed by atoms with van der Waals surface area (Å²) in [6, 6.07) is -0.385. The van der Waals surface area contributed by atoms with Gasteiger partial charge in [-0.05, 0) is 22.9 Å². The van der Waals surface area contributed by atoms with Crippen LogP contribution in [0, 0.1) is 6.92 Å². The molecule has 0 radical (unpaired) electrons. The predicted octanol–water partition coefficient (Wildman–Crippen LogP) is 0.119. The molecule has 0 aliphatic carbocycles. The maximum Gasteiger partial charge on any atom is 0.374 e. The molecule has 0 bridgehead atoms. The zero-order valence-electron chi connectivity index (χ0n) is 10.2. The van der Waals surface area contributed by atoms with E-state index in [1.54, 1.807) is 14.0 Å². The van der Waals surface area contributed by atoms with Gasteiger partial charge in [0.2, 0.25) is 0 Å². The molecular formula is C9H12BrFN4O3S. The molecular weight excluding hydrogens is 343 g/mol. The first-order valence-corrected chi connectivity index (χ1v) is 7.53. The highest BCUT2D eigenvalue weighted by Gasteiger charge is 2.37. The van der Waals surface area contributed by atoms with Crippen LogP contribution in [-0.4, -0.2) is 47.5 Å². The van der Waals surface area contributed by atoms with Gasteiger partial charge in [-0.15, -0.1) is 0 Å². The van der Waals surface area contributed by atoms with E-state index < -0.39 is 10.4 Å². The lowest BCUT2D eigenvalue weighted by atomic mass is 10.1. The Bertz CT molecular complexity index is 624. The van der Waals surface area contributed by atoms with Crippen LogP contribution in [0.25, 0.3) is 0 Å². The van der Waals surface area contributed by atoms with Crippen molar-refractivity contribution in [2.75, 3.05) is 13.1 Å². The number of hydrogen-bond donors (Lipinski definition) is 1. The van der Waals surface area contributed by atoms with E-state index in [1.165, 1.54) is 4.68 Å². The van der Waals surface area contributed by atoms with Gasteiger partial charge in [-0.3, -0.25) is 9.48 Å². The van der Waals surface area contributed by atoms with Crippen LogP contribution in [0.2, 0.25) is 0 Å². The van der Waals surface area contributed by atoms with Gasteiger partial charge in [-0.25, -0.2) is 0 Å². The highest BCUT2D eigenvalue weighted by Crippen LogP contribution is 2.20. The Kier molecular flexibility index (Phi) is 3.67. The monoisotopic (exact) mass is 354 g/mol. The topological polar surface area (TPSA) is 84.3 Å². The largest absolute Gasteiger partial charge is 0.374 e. The van der Waals surface area contributed by atoms with Crippen molar-refractivity contribution in [3.05, 3.63) is 15.9 Å². The quantitative estimate of drug-likeness (QED) is 0.781. The van der Waals surface area contributed by atoms with Crippen LogP contribution in [0.3, 0.4) is 0 Å². The number of aryl methyl sites for hydroxylation is 2. The van der Waals surface area contributed by atoms with E-state index in [0.717, 1.165) is 0 Å². The summed E-state index contributed by atoms with van der Waals surface area (Å²) in [6.07, 6.45) is 0. The fourth-order valence-corrected chi connectivity index (χ4v) is 3.12. The molecule has 1 saturated heterocycles. The molecule has 0 unspecified atom stereocenters. The van der Waals surface area contributed by atoms with E-state index in [2.05, 4.69) is 26.3 Å². The lowest BCUT2D eigenvalue weighted by molar-refractivity contribution is 0.0891. The molecule has 0 saturated carbocycles. The number of amides is 1. The third kappa shape index (κ3) is 2.79. The summed E-state index contributed by atoms with van der Waals surface area (Å²) < 4.78 is 36.4. The van der Waals surface area contributed by atoms with Crippen LogP contribution >= 0.6 is 15.9 Å². The van der Waals surface area contributed by atoms with E-state index in [-0.39, 0.29) is 25.0 Å². The number of rotatable bonds is 3. The summed E-state index contributed by atoms with van der Waals surface area (Å²) >= 11 is 3.25. The fraction of sp³-hybridized carbons (Fsp3) is 0.556. The Morgan fingerprint density at radius 3 is 2.53 bits per heavy atom. The summed E-state index contributed by atoms with van der Waals surface area (Å²) in [4.78, 5) is 12.0. The molecule has 0 aromatic carbocycles. The summed E-state index contributed by atoms with van der Waals surface area (Å²) in [5.41, 5.74) is 0.949. The van der Waals surface area contributed by atoms with Crippen molar-refractivity contribution in [2.24, 2.45) is 7.05 Å². The third-order valence-electron chi connectivity index (χ3n) is 2.87. The van der Waals surface area contributed by atoms with Gasteiger partial charge < -0.3 is 5.32 Å². The Labute approximate surface area is 118 Å². The SMILES string of the molecule is Cc1nn(C)c(Br)c1C(=O)NC1CN(S(=O)(=O)F)C1. The first kappa shape index (κ1) is 14.4. The molecule has 1 N–H and O–H groups in total. The lowest BCUT2D eigenvalue weighted by Gasteiger charge is -2.35. The minimum Gasteiger partial charge on any atom is -0.346 e. The van der Waals surface area contributed by atoms with Gasteiger partial charge >= 0.3 is 10.4 Å². The second kappa shape index (κ2) is 4.84. The molecule has 0 atom stereocenters. The maximum atomic E-state index is 12.6.